The van der Waals surface area contributed by atoms with Gasteiger partial charge in [-0.3, -0.25) is 9.78 Å². The first-order valence-corrected chi connectivity index (χ1v) is 6.54. The molecule has 1 amide bonds. The molecule has 19 heavy (non-hydrogen) atoms. The van der Waals surface area contributed by atoms with Crippen LogP contribution in [0.1, 0.15) is 16.8 Å². The van der Waals surface area contributed by atoms with E-state index in [2.05, 4.69) is 4.98 Å². The molecule has 1 aromatic rings. The highest BCUT2D eigenvalue weighted by molar-refractivity contribution is 7.80. The lowest BCUT2D eigenvalue weighted by Crippen LogP contribution is -2.38. The summed E-state index contributed by atoms with van der Waals surface area (Å²) >= 11 is 4.87. The van der Waals surface area contributed by atoms with Gasteiger partial charge in [-0.05, 0) is 26.2 Å². The van der Waals surface area contributed by atoms with Gasteiger partial charge in [-0.25, -0.2) is 0 Å². The molecule has 2 N–H and O–H groups in total. The van der Waals surface area contributed by atoms with Crippen molar-refractivity contribution in [3.05, 3.63) is 30.1 Å². The van der Waals surface area contributed by atoms with Crippen molar-refractivity contribution < 1.29 is 4.79 Å². The standard InChI is InChI=1S/C13H20N4OS/c1-16(2)9-10-17(8-5-12(14)19)13(18)11-3-6-15-7-4-11/h3-4,6-7H,5,8-10H2,1-2H3,(H2,14,19). The number of carbonyl (C=O) groups is 1. The largest absolute Gasteiger partial charge is 0.393 e. The van der Waals surface area contributed by atoms with Crippen LogP contribution in [0.5, 0.6) is 0 Å². The molecular weight excluding hydrogens is 260 g/mol. The molecule has 0 saturated heterocycles. The Bertz CT molecular complexity index is 422. The number of nitrogens with two attached hydrogens (primary N) is 1. The maximum absolute atomic E-state index is 12.4. The summed E-state index contributed by atoms with van der Waals surface area (Å²) in [5.74, 6) is -0.0134. The van der Waals surface area contributed by atoms with Gasteiger partial charge in [-0.2, -0.15) is 0 Å². The minimum absolute atomic E-state index is 0.0134. The second-order valence-electron chi connectivity index (χ2n) is 4.55. The maximum atomic E-state index is 12.4. The van der Waals surface area contributed by atoms with Crippen molar-refractivity contribution in [2.24, 2.45) is 5.73 Å². The van der Waals surface area contributed by atoms with E-state index in [1.807, 2.05) is 19.0 Å². The Morgan fingerprint density at radius 1 is 1.26 bits per heavy atom. The number of hydrogen-bond acceptors (Lipinski definition) is 4. The van der Waals surface area contributed by atoms with Crippen molar-refractivity contribution in [1.29, 1.82) is 0 Å². The number of carbonyl (C=O) groups excluding carboxylic acids is 1. The number of thiocarbonyl (C=S) groups is 1. The van der Waals surface area contributed by atoms with Gasteiger partial charge in [-0.1, -0.05) is 12.2 Å². The van der Waals surface area contributed by atoms with Gasteiger partial charge in [0.15, 0.2) is 0 Å². The van der Waals surface area contributed by atoms with Crippen LogP contribution in [-0.4, -0.2) is 59.4 Å². The number of nitrogens with zero attached hydrogens (tertiary/aromatic N) is 3. The van der Waals surface area contributed by atoms with Gasteiger partial charge >= 0.3 is 0 Å². The Hall–Kier alpha value is -1.53. The third-order valence-corrected chi connectivity index (χ3v) is 2.86. The zero-order valence-corrected chi connectivity index (χ0v) is 12.2. The van der Waals surface area contributed by atoms with Crippen molar-refractivity contribution in [3.63, 3.8) is 0 Å². The summed E-state index contributed by atoms with van der Waals surface area (Å²) in [6.07, 6.45) is 3.77. The van der Waals surface area contributed by atoms with Gasteiger partial charge in [-0.15, -0.1) is 0 Å². The van der Waals surface area contributed by atoms with Crippen LogP contribution in [0.3, 0.4) is 0 Å². The monoisotopic (exact) mass is 280 g/mol. The molecular formula is C13H20N4OS. The molecule has 0 radical (unpaired) electrons. The number of hydrogen-bond donors (Lipinski definition) is 1. The fourth-order valence-corrected chi connectivity index (χ4v) is 1.65. The van der Waals surface area contributed by atoms with E-state index in [0.29, 0.717) is 30.1 Å². The van der Waals surface area contributed by atoms with E-state index in [1.54, 1.807) is 29.4 Å². The zero-order valence-electron chi connectivity index (χ0n) is 11.4. The van der Waals surface area contributed by atoms with E-state index in [-0.39, 0.29) is 5.91 Å². The Morgan fingerprint density at radius 2 is 1.89 bits per heavy atom. The van der Waals surface area contributed by atoms with Crippen molar-refractivity contribution in [3.8, 4) is 0 Å². The fourth-order valence-electron chi connectivity index (χ4n) is 1.56. The van der Waals surface area contributed by atoms with Crippen molar-refractivity contribution >= 4 is 23.1 Å². The molecule has 0 aliphatic heterocycles. The van der Waals surface area contributed by atoms with Crippen LogP contribution in [0, 0.1) is 0 Å². The average Bonchev–Trinajstić information content (AvgIpc) is 2.38. The molecule has 0 aliphatic carbocycles. The molecule has 0 spiro atoms. The Kier molecular flexibility index (Phi) is 6.38. The fraction of sp³-hybridized carbons (Fsp3) is 0.462. The van der Waals surface area contributed by atoms with Crippen LogP contribution in [0.15, 0.2) is 24.5 Å². The topological polar surface area (TPSA) is 62.5 Å². The number of amides is 1. The molecule has 0 unspecified atom stereocenters. The third-order valence-electron chi connectivity index (χ3n) is 2.66. The highest BCUT2D eigenvalue weighted by Gasteiger charge is 2.15. The second-order valence-corrected chi connectivity index (χ2v) is 5.07. The number of likely N-dealkylation sites (N-methyl/N-ethyl adjacent to an activating group) is 1. The molecule has 1 heterocycles. The first-order valence-electron chi connectivity index (χ1n) is 6.13. The number of rotatable bonds is 7. The van der Waals surface area contributed by atoms with Crippen LogP contribution in [0.2, 0.25) is 0 Å². The summed E-state index contributed by atoms with van der Waals surface area (Å²) in [4.78, 5) is 20.5. The van der Waals surface area contributed by atoms with E-state index in [0.717, 1.165) is 6.54 Å². The van der Waals surface area contributed by atoms with Crippen molar-refractivity contribution in [2.75, 3.05) is 33.7 Å². The highest BCUT2D eigenvalue weighted by Crippen LogP contribution is 2.04. The molecule has 5 nitrogen and oxygen atoms in total. The quantitative estimate of drug-likeness (QED) is 0.747. The van der Waals surface area contributed by atoms with Gasteiger partial charge in [0.2, 0.25) is 0 Å². The van der Waals surface area contributed by atoms with Crippen LogP contribution in [0.25, 0.3) is 0 Å². The lowest BCUT2D eigenvalue weighted by atomic mass is 10.2. The molecule has 0 saturated carbocycles. The van der Waals surface area contributed by atoms with Crippen LogP contribution in [-0.2, 0) is 0 Å². The molecule has 0 aromatic carbocycles. The van der Waals surface area contributed by atoms with Gasteiger partial charge in [0, 0.05) is 44.0 Å². The molecule has 1 rings (SSSR count). The molecule has 0 atom stereocenters. The minimum atomic E-state index is -0.0134. The van der Waals surface area contributed by atoms with Gasteiger partial charge in [0.05, 0.1) is 4.99 Å². The first-order chi connectivity index (χ1) is 9.00. The van der Waals surface area contributed by atoms with Crippen LogP contribution in [0.4, 0.5) is 0 Å². The van der Waals surface area contributed by atoms with Gasteiger partial charge in [0.1, 0.15) is 0 Å². The predicted molar refractivity (Wildman–Crippen MR) is 80.1 cm³/mol. The summed E-state index contributed by atoms with van der Waals surface area (Å²) in [7, 11) is 3.95. The average molecular weight is 280 g/mol. The SMILES string of the molecule is CN(C)CCN(CCC(N)=S)C(=O)c1ccncc1. The summed E-state index contributed by atoms with van der Waals surface area (Å²) in [6.45, 7) is 2.00. The molecule has 6 heteroatoms. The van der Waals surface area contributed by atoms with E-state index in [9.17, 15) is 4.79 Å². The molecule has 0 bridgehead atoms. The summed E-state index contributed by atoms with van der Waals surface area (Å²) < 4.78 is 0. The van der Waals surface area contributed by atoms with Crippen LogP contribution >= 0.6 is 12.2 Å². The van der Waals surface area contributed by atoms with E-state index in [4.69, 9.17) is 18.0 Å². The third kappa shape index (κ3) is 5.76. The zero-order chi connectivity index (χ0) is 14.3. The molecule has 1 aromatic heterocycles. The lowest BCUT2D eigenvalue weighted by molar-refractivity contribution is 0.0749. The van der Waals surface area contributed by atoms with E-state index >= 15 is 0 Å². The highest BCUT2D eigenvalue weighted by atomic mass is 32.1. The summed E-state index contributed by atoms with van der Waals surface area (Å²) in [5.41, 5.74) is 6.14. The molecule has 104 valence electrons. The predicted octanol–water partition coefficient (Wildman–Crippen LogP) is 0.762. The Labute approximate surface area is 119 Å². The smallest absolute Gasteiger partial charge is 0.254 e. The second kappa shape index (κ2) is 7.81. The lowest BCUT2D eigenvalue weighted by Gasteiger charge is -2.24. The summed E-state index contributed by atoms with van der Waals surface area (Å²) in [6, 6.07) is 3.43. The molecule has 0 aliphatic rings. The minimum Gasteiger partial charge on any atom is -0.393 e. The normalized spacial score (nSPS) is 10.5. The summed E-state index contributed by atoms with van der Waals surface area (Å²) in [5, 5.41) is 0. The van der Waals surface area contributed by atoms with E-state index in [1.165, 1.54) is 0 Å². The Balaban J connectivity index is 2.71. The first kappa shape index (κ1) is 15.5. The van der Waals surface area contributed by atoms with Crippen LogP contribution < -0.4 is 5.73 Å². The number of pyridine rings is 1. The van der Waals surface area contributed by atoms with E-state index < -0.39 is 0 Å². The Morgan fingerprint density at radius 3 is 2.42 bits per heavy atom. The van der Waals surface area contributed by atoms with Crippen molar-refractivity contribution in [1.82, 2.24) is 14.8 Å². The maximum Gasteiger partial charge on any atom is 0.254 e. The van der Waals surface area contributed by atoms with Gasteiger partial charge < -0.3 is 15.5 Å². The van der Waals surface area contributed by atoms with Crippen molar-refractivity contribution in [2.45, 2.75) is 6.42 Å². The number of aromatic nitrogens is 1. The molecule has 0 fully saturated rings. The van der Waals surface area contributed by atoms with Gasteiger partial charge in [0.25, 0.3) is 5.91 Å².